The molecule has 0 aromatic heterocycles. The number of carbonyl (C=O) groups excluding carboxylic acids is 1. The lowest BCUT2D eigenvalue weighted by Crippen LogP contribution is -2.46. The summed E-state index contributed by atoms with van der Waals surface area (Å²) in [5.41, 5.74) is 5.88. The lowest BCUT2D eigenvalue weighted by atomic mass is 10.0. The van der Waals surface area contributed by atoms with Gasteiger partial charge in [-0.1, -0.05) is 12.1 Å². The van der Waals surface area contributed by atoms with Crippen LogP contribution in [0.1, 0.15) is 18.1 Å². The molecular weight excluding hydrogens is 309 g/mol. The molecule has 2 rings (SSSR count). The zero-order valence-corrected chi connectivity index (χ0v) is 11.8. The zero-order valence-electron chi connectivity index (χ0n) is 11.0. The van der Waals surface area contributed by atoms with Gasteiger partial charge in [-0.05, 0) is 17.7 Å². The Hall–Kier alpha value is -1.31. The van der Waals surface area contributed by atoms with Crippen LogP contribution in [-0.2, 0) is 4.79 Å². The van der Waals surface area contributed by atoms with E-state index in [0.717, 1.165) is 17.0 Å². The van der Waals surface area contributed by atoms with E-state index in [4.69, 9.17) is 5.73 Å². The third kappa shape index (κ3) is 4.09. The number of alkyl halides is 2. The topological polar surface area (TPSA) is 66.6 Å². The molecule has 2 atom stereocenters. The number of likely N-dealkylation sites (tertiary alicyclic amines) is 1. The molecule has 8 heteroatoms. The Kier molecular flexibility index (Phi) is 5.61. The first kappa shape index (κ1) is 17.7. The van der Waals surface area contributed by atoms with Gasteiger partial charge in [0.2, 0.25) is 5.91 Å². The molecule has 4 nitrogen and oxygen atoms in total. The molecule has 1 fully saturated rings. The minimum Gasteiger partial charge on any atom is -0.386 e. The van der Waals surface area contributed by atoms with E-state index in [-0.39, 0.29) is 24.5 Å². The number of amides is 1. The molecule has 2 unspecified atom stereocenters. The predicted molar refractivity (Wildman–Crippen MR) is 72.7 cm³/mol. The van der Waals surface area contributed by atoms with E-state index < -0.39 is 42.8 Å². The maximum absolute atomic E-state index is 13.0. The second-order valence-electron chi connectivity index (χ2n) is 4.89. The minimum absolute atomic E-state index is 0. The Bertz CT molecular complexity index is 499. The molecule has 0 aliphatic carbocycles. The number of hydrogen-bond acceptors (Lipinski definition) is 3. The Balaban J connectivity index is 0.00000220. The standard InChI is InChI=1S/C13H15F3N2O2.ClH/c14-9-3-1-8(2-4-9)11(19)10(17)12(20)18-6-5-13(15,16)7-18;/h1-4,10-11,19H,5-7,17H2;1H. The van der Waals surface area contributed by atoms with Gasteiger partial charge in [0.05, 0.1) is 6.54 Å². The predicted octanol–water partition coefficient (Wildman–Crippen LogP) is 1.48. The van der Waals surface area contributed by atoms with Gasteiger partial charge in [-0.15, -0.1) is 12.4 Å². The third-order valence-electron chi connectivity index (χ3n) is 3.32. The number of aliphatic hydroxyl groups is 1. The van der Waals surface area contributed by atoms with E-state index >= 15 is 0 Å². The molecule has 0 bridgehead atoms. The second-order valence-corrected chi connectivity index (χ2v) is 4.89. The quantitative estimate of drug-likeness (QED) is 0.885. The summed E-state index contributed by atoms with van der Waals surface area (Å²) in [5.74, 6) is -4.13. The van der Waals surface area contributed by atoms with Gasteiger partial charge in [0, 0.05) is 13.0 Å². The van der Waals surface area contributed by atoms with Crippen LogP contribution in [0, 0.1) is 5.82 Å². The van der Waals surface area contributed by atoms with Gasteiger partial charge in [0.15, 0.2) is 0 Å². The molecule has 1 saturated heterocycles. The fourth-order valence-electron chi connectivity index (χ4n) is 2.14. The van der Waals surface area contributed by atoms with E-state index in [9.17, 15) is 23.1 Å². The van der Waals surface area contributed by atoms with E-state index in [1.807, 2.05) is 0 Å². The molecule has 1 amide bonds. The average molecular weight is 325 g/mol. The van der Waals surface area contributed by atoms with Crippen molar-refractivity contribution in [2.75, 3.05) is 13.1 Å². The molecule has 0 radical (unpaired) electrons. The first-order valence-corrected chi connectivity index (χ1v) is 6.16. The molecule has 3 N–H and O–H groups in total. The maximum atomic E-state index is 13.0. The van der Waals surface area contributed by atoms with Crippen molar-refractivity contribution in [3.05, 3.63) is 35.6 Å². The number of halogens is 4. The number of carbonyl (C=O) groups is 1. The van der Waals surface area contributed by atoms with Gasteiger partial charge in [0.1, 0.15) is 18.0 Å². The molecule has 1 heterocycles. The Morgan fingerprint density at radius 3 is 2.38 bits per heavy atom. The van der Waals surface area contributed by atoms with Gasteiger partial charge in [-0.3, -0.25) is 4.79 Å². The number of benzene rings is 1. The van der Waals surface area contributed by atoms with E-state index in [1.165, 1.54) is 12.1 Å². The van der Waals surface area contributed by atoms with Crippen molar-refractivity contribution in [2.24, 2.45) is 5.73 Å². The Morgan fingerprint density at radius 1 is 1.33 bits per heavy atom. The van der Waals surface area contributed by atoms with Crippen molar-refractivity contribution >= 4 is 18.3 Å². The van der Waals surface area contributed by atoms with Crippen molar-refractivity contribution in [3.8, 4) is 0 Å². The van der Waals surface area contributed by atoms with E-state index in [1.54, 1.807) is 0 Å². The van der Waals surface area contributed by atoms with Crippen LogP contribution in [0.3, 0.4) is 0 Å². The molecule has 1 aromatic rings. The van der Waals surface area contributed by atoms with Crippen molar-refractivity contribution in [2.45, 2.75) is 24.5 Å². The van der Waals surface area contributed by atoms with Crippen LogP contribution in [0.2, 0.25) is 0 Å². The monoisotopic (exact) mass is 324 g/mol. The van der Waals surface area contributed by atoms with Crippen molar-refractivity contribution in [1.29, 1.82) is 0 Å². The van der Waals surface area contributed by atoms with E-state index in [0.29, 0.717) is 0 Å². The summed E-state index contributed by atoms with van der Waals surface area (Å²) in [6, 6.07) is 3.49. The summed E-state index contributed by atoms with van der Waals surface area (Å²) >= 11 is 0. The van der Waals surface area contributed by atoms with Crippen LogP contribution in [0.15, 0.2) is 24.3 Å². The minimum atomic E-state index is -2.91. The Labute approximate surface area is 126 Å². The molecule has 0 saturated carbocycles. The van der Waals surface area contributed by atoms with Gasteiger partial charge in [-0.25, -0.2) is 13.2 Å². The summed E-state index contributed by atoms with van der Waals surface area (Å²) in [4.78, 5) is 12.9. The normalized spacial score (nSPS) is 19.8. The third-order valence-corrected chi connectivity index (χ3v) is 3.32. The average Bonchev–Trinajstić information content (AvgIpc) is 2.77. The summed E-state index contributed by atoms with van der Waals surface area (Å²) in [5, 5.41) is 9.96. The summed E-state index contributed by atoms with van der Waals surface area (Å²) < 4.78 is 38.9. The fraction of sp³-hybridized carbons (Fsp3) is 0.462. The highest BCUT2D eigenvalue weighted by Gasteiger charge is 2.42. The van der Waals surface area contributed by atoms with Crippen LogP contribution in [0.4, 0.5) is 13.2 Å². The highest BCUT2D eigenvalue weighted by molar-refractivity contribution is 5.85. The van der Waals surface area contributed by atoms with Crippen LogP contribution < -0.4 is 5.73 Å². The molecule has 1 aliphatic rings. The van der Waals surface area contributed by atoms with Crippen molar-refractivity contribution in [3.63, 3.8) is 0 Å². The molecular formula is C13H16ClF3N2O2. The van der Waals surface area contributed by atoms with Crippen molar-refractivity contribution < 1.29 is 23.1 Å². The van der Waals surface area contributed by atoms with Crippen LogP contribution in [-0.4, -0.2) is 41.0 Å². The molecule has 1 aliphatic heterocycles. The molecule has 21 heavy (non-hydrogen) atoms. The molecule has 1 aromatic carbocycles. The Morgan fingerprint density at radius 2 is 1.90 bits per heavy atom. The van der Waals surface area contributed by atoms with Crippen molar-refractivity contribution in [1.82, 2.24) is 4.90 Å². The van der Waals surface area contributed by atoms with Gasteiger partial charge < -0.3 is 15.7 Å². The summed E-state index contributed by atoms with van der Waals surface area (Å²) in [6.07, 6.45) is -1.77. The molecule has 0 spiro atoms. The van der Waals surface area contributed by atoms with E-state index in [2.05, 4.69) is 0 Å². The van der Waals surface area contributed by atoms with Crippen LogP contribution in [0.25, 0.3) is 0 Å². The number of rotatable bonds is 3. The number of aliphatic hydroxyl groups excluding tert-OH is 1. The maximum Gasteiger partial charge on any atom is 0.267 e. The van der Waals surface area contributed by atoms with Crippen LogP contribution >= 0.6 is 12.4 Å². The largest absolute Gasteiger partial charge is 0.386 e. The highest BCUT2D eigenvalue weighted by Crippen LogP contribution is 2.28. The van der Waals surface area contributed by atoms with Gasteiger partial charge in [-0.2, -0.15) is 0 Å². The summed E-state index contributed by atoms with van der Waals surface area (Å²) in [6.45, 7) is -0.772. The smallest absolute Gasteiger partial charge is 0.267 e. The zero-order chi connectivity index (χ0) is 14.9. The summed E-state index contributed by atoms with van der Waals surface area (Å²) in [7, 11) is 0. The first-order chi connectivity index (χ1) is 9.30. The number of nitrogens with two attached hydrogens (primary N) is 1. The lowest BCUT2D eigenvalue weighted by molar-refractivity contribution is -0.135. The molecule has 118 valence electrons. The van der Waals surface area contributed by atoms with Gasteiger partial charge >= 0.3 is 0 Å². The lowest BCUT2D eigenvalue weighted by Gasteiger charge is -2.24. The SMILES string of the molecule is Cl.NC(C(=O)N1CCC(F)(F)C1)C(O)c1ccc(F)cc1. The fourth-order valence-corrected chi connectivity index (χ4v) is 2.14. The number of nitrogens with zero attached hydrogens (tertiary/aromatic N) is 1. The number of hydrogen-bond donors (Lipinski definition) is 2. The van der Waals surface area contributed by atoms with Crippen LogP contribution in [0.5, 0.6) is 0 Å². The highest BCUT2D eigenvalue weighted by atomic mass is 35.5. The second kappa shape index (κ2) is 6.64. The first-order valence-electron chi connectivity index (χ1n) is 6.16. The van der Waals surface area contributed by atoms with Gasteiger partial charge in [0.25, 0.3) is 5.92 Å².